The first kappa shape index (κ1) is 41.5. The van der Waals surface area contributed by atoms with Crippen LogP contribution in [0.4, 0.5) is 0 Å². The third-order valence-electron chi connectivity index (χ3n) is 14.5. The summed E-state index contributed by atoms with van der Waals surface area (Å²) in [7, 11) is -1.22. The molecular weight excluding hydrogens is 784 g/mol. The van der Waals surface area contributed by atoms with Gasteiger partial charge in [0.15, 0.2) is 0 Å². The number of piperidine rings is 2. The van der Waals surface area contributed by atoms with Crippen LogP contribution in [-0.4, -0.2) is 61.8 Å². The molecule has 4 aromatic rings. The molecule has 0 bridgehead atoms. The molecule has 2 saturated heterocycles. The summed E-state index contributed by atoms with van der Waals surface area (Å²) in [6.45, 7) is 8.33. The number of nitrogens with zero attached hydrogens (tertiary/aromatic N) is 2. The van der Waals surface area contributed by atoms with Gasteiger partial charge in [-0.1, -0.05) is 195 Å². The smallest absolute Gasteiger partial charge is 0.0838 e. The monoisotopic (exact) mass is 840 g/mol. The van der Waals surface area contributed by atoms with Crippen LogP contribution < -0.4 is 0 Å². The molecular formula is C56H57ClN2OS. The highest BCUT2D eigenvalue weighted by atomic mass is 35.5. The van der Waals surface area contributed by atoms with Gasteiger partial charge in [-0.15, -0.1) is 12.4 Å². The van der Waals surface area contributed by atoms with E-state index in [4.69, 9.17) is 0 Å². The molecule has 0 aromatic heterocycles. The lowest BCUT2D eigenvalue weighted by atomic mass is 9.84. The minimum absolute atomic E-state index is 0. The average molecular weight is 842 g/mol. The second kappa shape index (κ2) is 17.5. The van der Waals surface area contributed by atoms with E-state index in [9.17, 15) is 0 Å². The van der Waals surface area contributed by atoms with Crippen molar-refractivity contribution in [2.75, 3.05) is 26.2 Å². The number of hydrogen-bond acceptors (Lipinski definition) is 3. The summed E-state index contributed by atoms with van der Waals surface area (Å²) in [6.07, 6.45) is 32.9. The molecule has 5 heteroatoms. The van der Waals surface area contributed by atoms with E-state index in [-0.39, 0.29) is 24.5 Å². The van der Waals surface area contributed by atoms with E-state index in [0.29, 0.717) is 0 Å². The van der Waals surface area contributed by atoms with Crippen molar-refractivity contribution in [1.82, 2.24) is 9.80 Å². The average Bonchev–Trinajstić information content (AvgIpc) is 3.60. The lowest BCUT2D eigenvalue weighted by molar-refractivity contribution is 0.177. The molecule has 0 saturated carbocycles. The van der Waals surface area contributed by atoms with Crippen molar-refractivity contribution in [1.29, 1.82) is 0 Å². The van der Waals surface area contributed by atoms with Crippen molar-refractivity contribution in [2.24, 2.45) is 0 Å². The zero-order valence-electron chi connectivity index (χ0n) is 35.5. The van der Waals surface area contributed by atoms with E-state index in [0.717, 1.165) is 64.7 Å². The molecule has 4 atom stereocenters. The van der Waals surface area contributed by atoms with Gasteiger partial charge in [-0.05, 0) is 94.2 Å². The molecule has 4 aromatic carbocycles. The third-order valence-corrected chi connectivity index (χ3v) is 17.2. The van der Waals surface area contributed by atoms with Gasteiger partial charge in [0.25, 0.3) is 0 Å². The Balaban J connectivity index is 0.00000476. The first-order valence-corrected chi connectivity index (χ1v) is 23.5. The van der Waals surface area contributed by atoms with E-state index < -0.39 is 20.3 Å². The molecule has 2 aliphatic heterocycles. The maximum atomic E-state index is 16.1. The van der Waals surface area contributed by atoms with E-state index in [2.05, 4.69) is 194 Å². The maximum absolute atomic E-state index is 16.1. The fourth-order valence-corrected chi connectivity index (χ4v) is 13.8. The molecule has 3 nitrogen and oxygen atoms in total. The van der Waals surface area contributed by atoms with Crippen LogP contribution in [0.5, 0.6) is 0 Å². The van der Waals surface area contributed by atoms with Gasteiger partial charge >= 0.3 is 0 Å². The lowest BCUT2D eigenvalue weighted by Gasteiger charge is -2.52. The Morgan fingerprint density at radius 1 is 0.492 bits per heavy atom. The summed E-state index contributed by atoms with van der Waals surface area (Å²) in [5, 5.41) is 0. The largest absolute Gasteiger partial charge is 0.294 e. The highest BCUT2D eigenvalue weighted by Crippen LogP contribution is 2.47. The van der Waals surface area contributed by atoms with E-state index in [1.54, 1.807) is 0 Å². The molecule has 310 valence electrons. The molecule has 2 fully saturated rings. The quantitative estimate of drug-likeness (QED) is 0.167. The highest BCUT2D eigenvalue weighted by molar-refractivity contribution is 7.88. The van der Waals surface area contributed by atoms with Crippen LogP contribution in [0.1, 0.15) is 96.9 Å². The Morgan fingerprint density at radius 2 is 0.803 bits per heavy atom. The second-order valence-corrected chi connectivity index (χ2v) is 19.4. The SMILES string of the molecule is CCC1(S(=O)C2(CC)C=CC=CC2N2CCC(=C3c4ccccc4C=Cc4ccccc43)CC2)C=CC=CC1N1CCC(=C2c3ccccc3C=Cc3ccccc32)CC1.Cl. The van der Waals surface area contributed by atoms with Crippen molar-refractivity contribution in [2.45, 2.75) is 74.0 Å². The Hall–Kier alpha value is -4.84. The predicted octanol–water partition coefficient (Wildman–Crippen LogP) is 12.6. The van der Waals surface area contributed by atoms with Gasteiger partial charge in [0, 0.05) is 49.1 Å². The summed E-state index contributed by atoms with van der Waals surface area (Å²) in [6, 6.07) is 35.6. The fourth-order valence-electron chi connectivity index (χ4n) is 11.3. The molecule has 0 amide bonds. The molecule has 0 N–H and O–H groups in total. The lowest BCUT2D eigenvalue weighted by Crippen LogP contribution is -2.64. The number of hydrogen-bond donors (Lipinski definition) is 0. The Bertz CT molecular complexity index is 2310. The van der Waals surface area contributed by atoms with E-state index in [1.165, 1.54) is 66.8 Å². The van der Waals surface area contributed by atoms with E-state index >= 15 is 4.21 Å². The van der Waals surface area contributed by atoms with Crippen molar-refractivity contribution >= 4 is 58.7 Å². The molecule has 4 unspecified atom stereocenters. The van der Waals surface area contributed by atoms with Crippen LogP contribution in [0.2, 0.25) is 0 Å². The first-order valence-electron chi connectivity index (χ1n) is 22.3. The normalized spacial score (nSPS) is 26.1. The number of benzene rings is 4. The van der Waals surface area contributed by atoms with Crippen molar-refractivity contribution < 1.29 is 4.21 Å². The van der Waals surface area contributed by atoms with Gasteiger partial charge in [0.1, 0.15) is 0 Å². The predicted molar refractivity (Wildman–Crippen MR) is 263 cm³/mol. The highest BCUT2D eigenvalue weighted by Gasteiger charge is 2.55. The van der Waals surface area contributed by atoms with Crippen LogP contribution >= 0.6 is 12.4 Å². The Morgan fingerprint density at radius 3 is 1.11 bits per heavy atom. The molecule has 6 aliphatic rings. The minimum Gasteiger partial charge on any atom is -0.294 e. The second-order valence-electron chi connectivity index (χ2n) is 17.3. The zero-order chi connectivity index (χ0) is 40.7. The standard InChI is InChI=1S/C56H56N2OS.ClH/c1-3-55(35-15-13-25-51(55)57-37-31-45(32-38-57)53-47-21-9-5-17-41(47)27-28-42-18-6-10-22-48(42)53)60(59)56(4-2)36-16-14-26-52(56)58-39-33-46(34-40-58)54-49-23-11-7-19-43(49)29-30-44-20-8-12-24-50(44)54;/h5-30,35-36,51-52H,3-4,31-34,37-40H2,1-2H3;1H. The van der Waals surface area contributed by atoms with Crippen LogP contribution in [0.25, 0.3) is 35.5 Å². The first-order chi connectivity index (χ1) is 29.5. The summed E-state index contributed by atoms with van der Waals surface area (Å²) < 4.78 is 15.0. The number of likely N-dealkylation sites (tertiary alicyclic amines) is 2. The van der Waals surface area contributed by atoms with Crippen LogP contribution in [0.3, 0.4) is 0 Å². The van der Waals surface area contributed by atoms with Crippen molar-refractivity contribution in [3.05, 3.63) is 201 Å². The van der Waals surface area contributed by atoms with Crippen molar-refractivity contribution in [3.63, 3.8) is 0 Å². The van der Waals surface area contributed by atoms with Gasteiger partial charge in [0.05, 0.1) is 9.49 Å². The number of rotatable bonds is 6. The number of halogens is 1. The molecule has 0 spiro atoms. The van der Waals surface area contributed by atoms with Gasteiger partial charge in [-0.25, -0.2) is 0 Å². The summed E-state index contributed by atoms with van der Waals surface area (Å²) >= 11 is 0. The maximum Gasteiger partial charge on any atom is 0.0838 e. The molecule has 10 rings (SSSR count). The van der Waals surface area contributed by atoms with Crippen LogP contribution in [0.15, 0.2) is 157 Å². The van der Waals surface area contributed by atoms with Crippen LogP contribution in [0, 0.1) is 0 Å². The summed E-state index contributed by atoms with van der Waals surface area (Å²) in [5.41, 5.74) is 16.4. The molecule has 61 heavy (non-hydrogen) atoms. The fraction of sp³-hybridized carbons (Fsp3) is 0.286. The third kappa shape index (κ3) is 7.20. The Kier molecular flexibility index (Phi) is 11.9. The molecule has 2 heterocycles. The van der Waals surface area contributed by atoms with Gasteiger partial charge < -0.3 is 0 Å². The summed E-state index contributed by atoms with van der Waals surface area (Å²) in [5.74, 6) is 0. The number of allylic oxidation sites excluding steroid dienone is 4. The zero-order valence-corrected chi connectivity index (χ0v) is 37.1. The topological polar surface area (TPSA) is 23.6 Å². The van der Waals surface area contributed by atoms with Gasteiger partial charge in [-0.3, -0.25) is 14.0 Å². The number of fused-ring (bicyclic) bond motifs is 4. The molecule has 0 radical (unpaired) electrons. The Labute approximate surface area is 372 Å². The minimum atomic E-state index is -1.22. The summed E-state index contributed by atoms with van der Waals surface area (Å²) in [4.78, 5) is 5.32. The van der Waals surface area contributed by atoms with Gasteiger partial charge in [0.2, 0.25) is 0 Å². The van der Waals surface area contributed by atoms with Crippen molar-refractivity contribution in [3.8, 4) is 0 Å². The van der Waals surface area contributed by atoms with Gasteiger partial charge in [-0.2, -0.15) is 0 Å². The molecule has 4 aliphatic carbocycles. The van der Waals surface area contributed by atoms with E-state index in [1.807, 2.05) is 0 Å². The van der Waals surface area contributed by atoms with Crippen LogP contribution in [-0.2, 0) is 10.8 Å².